The largest absolute Gasteiger partial charge is 0.465 e. The van der Waals surface area contributed by atoms with Crippen LogP contribution in [0.1, 0.15) is 120 Å². The molecule has 0 heterocycles. The van der Waals surface area contributed by atoms with Gasteiger partial charge in [0.05, 0.1) is 5.41 Å². The Morgan fingerprint density at radius 3 is 2.17 bits per heavy atom. The van der Waals surface area contributed by atoms with Gasteiger partial charge in [-0.3, -0.25) is 14.4 Å². The lowest BCUT2D eigenvalue weighted by Crippen LogP contribution is -2.68. The van der Waals surface area contributed by atoms with E-state index in [1.807, 2.05) is 31.2 Å². The van der Waals surface area contributed by atoms with Crippen molar-refractivity contribution in [2.24, 2.45) is 56.7 Å². The third kappa shape index (κ3) is 5.32. The lowest BCUT2D eigenvalue weighted by Gasteiger charge is -2.72. The molecule has 5 aliphatic carbocycles. The van der Waals surface area contributed by atoms with Crippen LogP contribution in [0.15, 0.2) is 36.5 Å². The number of hydrogen-bond acceptors (Lipinski definition) is 6. The van der Waals surface area contributed by atoms with E-state index in [1.54, 1.807) is 0 Å². The summed E-state index contributed by atoms with van der Waals surface area (Å²) in [5.74, 6) is 1.25. The van der Waals surface area contributed by atoms with Crippen molar-refractivity contribution in [1.29, 1.82) is 0 Å². The van der Waals surface area contributed by atoms with E-state index in [9.17, 15) is 14.4 Å². The second kappa shape index (κ2) is 12.6. The van der Waals surface area contributed by atoms with Crippen molar-refractivity contribution in [1.82, 2.24) is 0 Å². The topological polar surface area (TPSA) is 78.9 Å². The molecule has 5 saturated carbocycles. The normalized spacial score (nSPS) is 44.9. The number of ether oxygens (including phenoxy) is 3. The summed E-state index contributed by atoms with van der Waals surface area (Å²) in [6.45, 7) is 22.0. The zero-order valence-corrected chi connectivity index (χ0v) is 29.9. The van der Waals surface area contributed by atoms with Gasteiger partial charge in [0.2, 0.25) is 0 Å². The number of carbonyl (C=O) groups is 3. The van der Waals surface area contributed by atoms with Crippen molar-refractivity contribution >= 4 is 17.9 Å². The minimum Gasteiger partial charge on any atom is -0.465 e. The van der Waals surface area contributed by atoms with E-state index in [1.165, 1.54) is 19.4 Å². The number of allylic oxidation sites excluding steroid dienone is 4. The molecule has 0 radical (unpaired) electrons. The highest BCUT2D eigenvalue weighted by atomic mass is 16.6. The summed E-state index contributed by atoms with van der Waals surface area (Å²) in [4.78, 5) is 38.4. The molecule has 5 aliphatic rings. The maximum atomic E-state index is 14.1. The predicted octanol–water partition coefficient (Wildman–Crippen LogP) is 8.79. The fourth-order valence-electron chi connectivity index (χ4n) is 12.6. The van der Waals surface area contributed by atoms with Gasteiger partial charge in [0, 0.05) is 19.3 Å². The highest BCUT2D eigenvalue weighted by Crippen LogP contribution is 2.77. The third-order valence-electron chi connectivity index (χ3n) is 14.9. The maximum Gasteiger partial charge on any atom is 0.312 e. The van der Waals surface area contributed by atoms with E-state index in [2.05, 4.69) is 41.2 Å². The molecule has 0 saturated heterocycles. The van der Waals surface area contributed by atoms with Crippen molar-refractivity contribution in [3.05, 3.63) is 36.5 Å². The molecule has 5 fully saturated rings. The average molecular weight is 637 g/mol. The Labute approximate surface area is 278 Å². The van der Waals surface area contributed by atoms with E-state index < -0.39 is 10.8 Å². The fraction of sp³-hybridized carbons (Fsp3) is 0.775. The number of carbonyl (C=O) groups excluding carboxylic acids is 3. The maximum absolute atomic E-state index is 14.1. The highest BCUT2D eigenvalue weighted by Gasteiger charge is 2.72. The zero-order chi connectivity index (χ0) is 33.7. The van der Waals surface area contributed by atoms with Crippen LogP contribution < -0.4 is 0 Å². The summed E-state index contributed by atoms with van der Waals surface area (Å²) in [5, 5.41) is 0. The van der Waals surface area contributed by atoms with Crippen LogP contribution in [-0.4, -0.2) is 37.2 Å². The van der Waals surface area contributed by atoms with Gasteiger partial charge in [-0.1, -0.05) is 58.1 Å². The first-order chi connectivity index (χ1) is 21.6. The molecule has 0 amide bonds. The Balaban J connectivity index is 1.48. The first-order valence-corrected chi connectivity index (χ1v) is 18.0. The molecule has 256 valence electrons. The van der Waals surface area contributed by atoms with Crippen molar-refractivity contribution in [3.63, 3.8) is 0 Å². The van der Waals surface area contributed by atoms with Crippen LogP contribution in [0.5, 0.6) is 0 Å². The Morgan fingerprint density at radius 1 is 0.783 bits per heavy atom. The Morgan fingerprint density at radius 2 is 1.52 bits per heavy atom. The van der Waals surface area contributed by atoms with E-state index in [0.717, 1.165) is 64.2 Å². The number of fused-ring (bicyclic) bond motifs is 7. The molecule has 5 rings (SSSR count). The number of esters is 3. The van der Waals surface area contributed by atoms with Crippen molar-refractivity contribution in [3.8, 4) is 0 Å². The Bertz CT molecular complexity index is 1280. The van der Waals surface area contributed by atoms with Crippen LogP contribution in [0.25, 0.3) is 0 Å². The van der Waals surface area contributed by atoms with Gasteiger partial charge in [0.25, 0.3) is 0 Å². The molecule has 0 aromatic heterocycles. The summed E-state index contributed by atoms with van der Waals surface area (Å²) >= 11 is 0. The molecular weight excluding hydrogens is 576 g/mol. The molecule has 0 N–H and O–H groups in total. The van der Waals surface area contributed by atoms with Crippen molar-refractivity contribution in [2.45, 2.75) is 126 Å². The van der Waals surface area contributed by atoms with Gasteiger partial charge in [0.1, 0.15) is 19.3 Å². The summed E-state index contributed by atoms with van der Waals surface area (Å²) in [5.41, 5.74) is 0.559. The molecule has 6 heteroatoms. The zero-order valence-electron chi connectivity index (χ0n) is 29.9. The second-order valence-electron chi connectivity index (χ2n) is 16.8. The summed E-state index contributed by atoms with van der Waals surface area (Å²) in [6, 6.07) is 0. The molecular formula is C40H60O6. The molecule has 0 aromatic carbocycles. The third-order valence-corrected chi connectivity index (χ3v) is 14.9. The minimum absolute atomic E-state index is 0.00130. The predicted molar refractivity (Wildman–Crippen MR) is 180 cm³/mol. The molecule has 46 heavy (non-hydrogen) atoms. The lowest BCUT2D eigenvalue weighted by atomic mass is 9.32. The Hall–Kier alpha value is -2.37. The van der Waals surface area contributed by atoms with Crippen LogP contribution in [0.2, 0.25) is 0 Å². The lowest BCUT2D eigenvalue weighted by molar-refractivity contribution is -0.257. The van der Waals surface area contributed by atoms with Gasteiger partial charge < -0.3 is 14.2 Å². The van der Waals surface area contributed by atoms with Gasteiger partial charge in [-0.25, -0.2) is 0 Å². The van der Waals surface area contributed by atoms with E-state index in [0.29, 0.717) is 24.4 Å². The van der Waals surface area contributed by atoms with E-state index in [-0.39, 0.29) is 58.7 Å². The van der Waals surface area contributed by atoms with Crippen LogP contribution >= 0.6 is 0 Å². The van der Waals surface area contributed by atoms with Gasteiger partial charge >= 0.3 is 17.9 Å². The number of hydrogen-bond donors (Lipinski definition) is 0. The molecule has 11 atom stereocenters. The van der Waals surface area contributed by atoms with Crippen molar-refractivity contribution < 1.29 is 28.6 Å². The monoisotopic (exact) mass is 636 g/mol. The first kappa shape index (κ1) is 35.0. The first-order valence-electron chi connectivity index (χ1n) is 18.0. The van der Waals surface area contributed by atoms with Gasteiger partial charge in [-0.15, -0.1) is 0 Å². The molecule has 0 aliphatic heterocycles. The summed E-state index contributed by atoms with van der Waals surface area (Å²) in [6.07, 6.45) is 17.5. The smallest absolute Gasteiger partial charge is 0.312 e. The molecule has 4 unspecified atom stereocenters. The van der Waals surface area contributed by atoms with Crippen LogP contribution in [0.3, 0.4) is 0 Å². The molecule has 6 nitrogen and oxygen atoms in total. The summed E-state index contributed by atoms with van der Waals surface area (Å²) < 4.78 is 17.7. The average Bonchev–Trinajstić information content (AvgIpc) is 3.39. The van der Waals surface area contributed by atoms with Gasteiger partial charge in [-0.2, -0.15) is 0 Å². The minimum atomic E-state index is -0.438. The van der Waals surface area contributed by atoms with Crippen LogP contribution in [-0.2, 0) is 28.6 Å². The Kier molecular flexibility index (Phi) is 9.56. The highest BCUT2D eigenvalue weighted by molar-refractivity contribution is 5.78. The SMILES string of the molecule is C=C(C)[C@@H]1CC[C@]2(C(=O)OC/C=C/C=C/C)CC[C@]3(C)C(CCC4[C@@]5(C)CC[C@H](OC(C)=O)[C@@](C)(COC(C)=O)C5CC[C@]43C)C12. The second-order valence-corrected chi connectivity index (χ2v) is 16.8. The molecule has 0 spiro atoms. The quantitative estimate of drug-likeness (QED) is 0.115. The van der Waals surface area contributed by atoms with Gasteiger partial charge in [0.15, 0.2) is 0 Å². The fourth-order valence-corrected chi connectivity index (χ4v) is 12.6. The summed E-state index contributed by atoms with van der Waals surface area (Å²) in [7, 11) is 0. The number of rotatable bonds is 8. The van der Waals surface area contributed by atoms with Crippen LogP contribution in [0, 0.1) is 56.7 Å². The molecule has 0 bridgehead atoms. The van der Waals surface area contributed by atoms with Crippen LogP contribution in [0.4, 0.5) is 0 Å². The molecule has 0 aromatic rings. The van der Waals surface area contributed by atoms with Gasteiger partial charge in [-0.05, 0) is 130 Å². The van der Waals surface area contributed by atoms with E-state index in [4.69, 9.17) is 14.2 Å². The standard InChI is InChI=1S/C40H60O6/c1-10-11-12-13-24-44-35(43)40-21-16-29(26(2)3)34(40)30-14-15-32-36(6)19-18-33(46-28(5)42)37(7,25-45-27(4)41)31(36)17-20-39(32,9)38(30,8)22-23-40/h10-13,29-34H,2,14-25H2,1,3-9H3/b11-10+,13-12+/t29-,30?,31?,32?,33-,34?,36-,37-,38+,39+,40-/m0/s1. The van der Waals surface area contributed by atoms with E-state index >= 15 is 0 Å². The van der Waals surface area contributed by atoms with Crippen molar-refractivity contribution in [2.75, 3.05) is 13.2 Å².